The quantitative estimate of drug-likeness (QED) is 0.0114. The number of halogens is 19. The smallest absolute Gasteiger partial charge is 0.481 e. The number of carboxylic acids is 1. The molecule has 7 N–H and O–H groups in total. The molecule has 129 heavy (non-hydrogen) atoms. The molecule has 0 saturated heterocycles. The number of aliphatic carboxylic acids is 1. The lowest BCUT2D eigenvalue weighted by Gasteiger charge is -2.37. The van der Waals surface area contributed by atoms with Gasteiger partial charge in [0.1, 0.15) is 34.5 Å². The molecular formula is C87H76BrF18N9O13S. The summed E-state index contributed by atoms with van der Waals surface area (Å²) in [6.07, 6.45) is -26.3. The molecule has 0 aliphatic rings. The summed E-state index contributed by atoms with van der Waals surface area (Å²) < 4.78 is 267. The molecular weight excluding hydrogens is 1830 g/mol. The molecule has 0 radical (unpaired) electrons. The van der Waals surface area contributed by atoms with E-state index in [1.165, 1.54) is 84.6 Å². The summed E-state index contributed by atoms with van der Waals surface area (Å²) in [6.45, 7) is 0.189. The zero-order chi connectivity index (χ0) is 94.0. The van der Waals surface area contributed by atoms with Crippen molar-refractivity contribution in [1.29, 1.82) is 0 Å². The Kier molecular flexibility index (Phi) is 33.8. The number of thiazole rings is 1. The van der Waals surface area contributed by atoms with Gasteiger partial charge in [-0.1, -0.05) is 177 Å². The van der Waals surface area contributed by atoms with Crippen molar-refractivity contribution in [2.45, 2.75) is 119 Å². The standard InChI is InChI=1S/C30H25F6N3O5S.C30H30F6N2O5.C27H21BrF6N4O3/c1-42-25(40)14-13-22-18-45-27(37-22)38-26(41)39-28(17-19-7-3-2-4-8-19,20-9-5-11-23(15-20)43-29(31,32)33)21-10-6-12-24(16-21)44-30(34,35)36;31-29(32,33)42-24-14-8-12-22(18-24)28(20-21-10-4-3-5-11-21,23-13-9-15-25(19-23)43-30(34,35)36)38-27(41)37-17-7-2-1-6-16-26(39)40;1-38-16-22(28)23(37-38)35-24(39)36-25(15-17-7-3-2-4-8-17,18-9-5-11-20(13-18)40-26(29,30)31)19-10-6-12-21(14-19)41-27(32,33)34/h2-12,15-16,18H,13-14,17H2,1H3,(H2,37,38,39,41);3-5,8-15,18-19H,1-2,6-7,16-17,20H2,(H,39,40)(H2,37,38,41);2-14,16H,15H2,1H3,(H2,35,36,37,39). The summed E-state index contributed by atoms with van der Waals surface area (Å²) >= 11 is 4.32. The van der Waals surface area contributed by atoms with Gasteiger partial charge >= 0.3 is 68.2 Å². The van der Waals surface area contributed by atoms with Gasteiger partial charge in [-0.25, -0.2) is 19.4 Å². The number of alkyl halides is 18. The molecule has 0 aliphatic heterocycles. The van der Waals surface area contributed by atoms with E-state index >= 15 is 0 Å². The molecule has 0 spiro atoms. The molecule has 11 rings (SSSR count). The van der Waals surface area contributed by atoms with Gasteiger partial charge in [0, 0.05) is 57.3 Å². The van der Waals surface area contributed by atoms with Crippen LogP contribution >= 0.6 is 27.3 Å². The van der Waals surface area contributed by atoms with Gasteiger partial charge in [-0.15, -0.1) is 90.4 Å². The Labute approximate surface area is 735 Å². The highest BCUT2D eigenvalue weighted by Gasteiger charge is 2.45. The summed E-state index contributed by atoms with van der Waals surface area (Å²) in [5.41, 5.74) is -2.40. The number of ether oxygens (including phenoxy) is 7. The van der Waals surface area contributed by atoms with E-state index in [4.69, 9.17) is 5.11 Å². The number of amides is 6. The number of benzene rings is 9. The van der Waals surface area contributed by atoms with E-state index in [1.54, 1.807) is 110 Å². The second kappa shape index (κ2) is 43.9. The van der Waals surface area contributed by atoms with Crippen molar-refractivity contribution < 1.29 is 141 Å². The third-order valence-electron chi connectivity index (χ3n) is 18.5. The molecule has 42 heteroatoms. The van der Waals surface area contributed by atoms with E-state index < -0.39 is 119 Å². The van der Waals surface area contributed by atoms with Crippen LogP contribution in [0.3, 0.4) is 0 Å². The minimum atomic E-state index is -5.04. The SMILES string of the molecule is COC(=O)CCc1csc(NC(=O)NC(Cc2ccccc2)(c2cccc(OC(F)(F)F)c2)c2cccc(OC(F)(F)F)c2)n1.Cn1cc(Br)c(NC(=O)NC(Cc2ccccc2)(c2cccc(OC(F)(F)F)c2)c2cccc(OC(F)(F)F)c2)n1.O=C(O)CCCCCCNC(=O)NC(Cc1ccccc1)(c1cccc(OC(F)(F)F)c1)c1cccc(OC(F)(F)F)c1. The normalized spacial score (nSPS) is 12.0. The van der Waals surface area contributed by atoms with Gasteiger partial charge in [0.05, 0.1) is 40.3 Å². The summed E-state index contributed by atoms with van der Waals surface area (Å²) in [5, 5.41) is 30.8. The zero-order valence-electron chi connectivity index (χ0n) is 67.2. The third-order valence-corrected chi connectivity index (χ3v) is 19.9. The van der Waals surface area contributed by atoms with Crippen LogP contribution in [-0.4, -0.2) is 102 Å². The number of aromatic nitrogens is 3. The molecule has 0 atom stereocenters. The Morgan fingerprint density at radius 3 is 1.01 bits per heavy atom. The van der Waals surface area contributed by atoms with Crippen LogP contribution in [-0.2, 0) is 63.7 Å². The summed E-state index contributed by atoms with van der Waals surface area (Å²) in [6, 6.07) is 52.1. The number of urea groups is 3. The van der Waals surface area contributed by atoms with Crippen LogP contribution in [0.15, 0.2) is 253 Å². The molecule has 0 bridgehead atoms. The van der Waals surface area contributed by atoms with Crippen LogP contribution in [0.1, 0.15) is 94.3 Å². The third kappa shape index (κ3) is 32.1. The number of hydrogen-bond donors (Lipinski definition) is 7. The summed E-state index contributed by atoms with van der Waals surface area (Å²) in [7, 11) is 2.87. The number of nitrogens with one attached hydrogen (secondary N) is 6. The van der Waals surface area contributed by atoms with Crippen LogP contribution in [0.25, 0.3) is 0 Å². The fourth-order valence-electron chi connectivity index (χ4n) is 13.3. The molecule has 2 aromatic heterocycles. The predicted molar refractivity (Wildman–Crippen MR) is 436 cm³/mol. The fourth-order valence-corrected chi connectivity index (χ4v) is 14.6. The molecule has 0 saturated carbocycles. The Hall–Kier alpha value is -13.4. The number of hydrogen-bond acceptors (Lipinski definition) is 15. The number of nitrogens with zero attached hydrogens (tertiary/aromatic N) is 3. The maximum atomic E-state index is 13.6. The van der Waals surface area contributed by atoms with Crippen molar-refractivity contribution in [2.24, 2.45) is 7.05 Å². The maximum Gasteiger partial charge on any atom is 0.573 e. The van der Waals surface area contributed by atoms with E-state index in [0.717, 1.165) is 84.1 Å². The predicted octanol–water partition coefficient (Wildman–Crippen LogP) is 21.9. The Morgan fingerprint density at radius 1 is 0.403 bits per heavy atom. The van der Waals surface area contributed by atoms with E-state index in [-0.39, 0.29) is 89.4 Å². The molecule has 11 aromatic rings. The van der Waals surface area contributed by atoms with Gasteiger partial charge in [-0.3, -0.25) is 24.9 Å². The Morgan fingerprint density at radius 2 is 0.713 bits per heavy atom. The first-order valence-corrected chi connectivity index (χ1v) is 39.9. The van der Waals surface area contributed by atoms with E-state index in [2.05, 4.69) is 91.1 Å². The monoisotopic (exact) mass is 1910 g/mol. The zero-order valence-corrected chi connectivity index (χ0v) is 69.6. The van der Waals surface area contributed by atoms with Gasteiger partial charge in [-0.2, -0.15) is 5.10 Å². The lowest BCUT2D eigenvalue weighted by atomic mass is 9.77. The molecule has 9 aromatic carbocycles. The molecule has 0 fully saturated rings. The van der Waals surface area contributed by atoms with Crippen molar-refractivity contribution >= 4 is 68.2 Å². The van der Waals surface area contributed by atoms with Gasteiger partial charge in [-0.05, 0) is 152 Å². The van der Waals surface area contributed by atoms with Crippen molar-refractivity contribution in [3.8, 4) is 34.5 Å². The molecule has 0 aliphatic carbocycles. The average molecular weight is 1910 g/mol. The molecule has 0 unspecified atom stereocenters. The van der Waals surface area contributed by atoms with Gasteiger partial charge in [0.15, 0.2) is 10.9 Å². The lowest BCUT2D eigenvalue weighted by Crippen LogP contribution is -2.52. The number of carbonyl (C=O) groups is 5. The Bertz CT molecular complexity index is 5360. The van der Waals surface area contributed by atoms with Gasteiger partial charge in [0.2, 0.25) is 0 Å². The number of unbranched alkanes of at least 4 members (excludes halogenated alkanes) is 3. The van der Waals surface area contributed by atoms with Crippen molar-refractivity contribution in [1.82, 2.24) is 36.0 Å². The van der Waals surface area contributed by atoms with Crippen LogP contribution < -0.4 is 60.3 Å². The highest BCUT2D eigenvalue weighted by atomic mass is 79.9. The number of rotatable bonds is 33. The van der Waals surface area contributed by atoms with Gasteiger partial charge in [0.25, 0.3) is 0 Å². The molecule has 22 nitrogen and oxygen atoms in total. The average Bonchev–Trinajstić information content (AvgIpc) is 1.35. The number of carboxylic acid groups (broad SMARTS) is 1. The first-order chi connectivity index (χ1) is 60.7. The topological polar surface area (TPSA) is 273 Å². The second-order valence-electron chi connectivity index (χ2n) is 28.0. The number of methoxy groups -OCH3 is 1. The van der Waals surface area contributed by atoms with Crippen molar-refractivity contribution in [3.05, 3.63) is 308 Å². The Balaban J connectivity index is 0.000000218. The summed E-state index contributed by atoms with van der Waals surface area (Å²) in [5.74, 6) is -4.81. The fraction of sp³-hybridized carbons (Fsp3) is 0.253. The minimum absolute atomic E-state index is 0.0319. The molecule has 2 heterocycles. The van der Waals surface area contributed by atoms with Gasteiger partial charge < -0.3 is 59.5 Å². The number of aryl methyl sites for hydroxylation is 2. The second-order valence-corrected chi connectivity index (χ2v) is 29.7. The molecule has 6 amide bonds. The maximum absolute atomic E-state index is 13.6. The lowest BCUT2D eigenvalue weighted by molar-refractivity contribution is -0.275. The minimum Gasteiger partial charge on any atom is -0.481 e. The van der Waals surface area contributed by atoms with E-state index in [1.807, 2.05) is 0 Å². The number of esters is 1. The first-order valence-electron chi connectivity index (χ1n) is 38.2. The van der Waals surface area contributed by atoms with E-state index in [0.29, 0.717) is 52.5 Å². The first kappa shape index (κ1) is 99.4. The number of carbonyl (C=O) groups excluding carboxylic acids is 4. The highest BCUT2D eigenvalue weighted by Crippen LogP contribution is 2.44. The van der Waals surface area contributed by atoms with Crippen LogP contribution in [0.2, 0.25) is 0 Å². The molecule has 686 valence electrons. The van der Waals surface area contributed by atoms with Crippen LogP contribution in [0.4, 0.5) is 104 Å². The van der Waals surface area contributed by atoms with Crippen molar-refractivity contribution in [2.75, 3.05) is 24.3 Å². The highest BCUT2D eigenvalue weighted by molar-refractivity contribution is 9.10. The largest absolute Gasteiger partial charge is 0.573 e. The number of anilines is 2. The van der Waals surface area contributed by atoms with Crippen LogP contribution in [0, 0.1) is 0 Å². The van der Waals surface area contributed by atoms with E-state index in [9.17, 15) is 103 Å². The summed E-state index contributed by atoms with van der Waals surface area (Å²) in [4.78, 5) is 66.7. The van der Waals surface area contributed by atoms with Crippen molar-refractivity contribution in [3.63, 3.8) is 0 Å². The van der Waals surface area contributed by atoms with Crippen LogP contribution in [0.5, 0.6) is 34.5 Å².